The number of ether oxygens (including phenoxy) is 1. The number of nitrogens with one attached hydrogen (secondary N) is 1. The summed E-state index contributed by atoms with van der Waals surface area (Å²) in [6, 6.07) is -0.514. The monoisotopic (exact) mass is 409 g/mol. The van der Waals surface area contributed by atoms with Gasteiger partial charge in [0.2, 0.25) is 5.91 Å². The first-order valence-corrected chi connectivity index (χ1v) is 10.6. The second-order valence-electron chi connectivity index (χ2n) is 7.11. The SMILES string of the molecule is CCC(C)C(N)CN(CC(=O)NC(CCSC)C(=O)OC)CC1CC1.Cl. The highest BCUT2D eigenvalue weighted by molar-refractivity contribution is 7.98. The van der Waals surface area contributed by atoms with Gasteiger partial charge in [-0.15, -0.1) is 12.4 Å². The maximum Gasteiger partial charge on any atom is 0.328 e. The maximum atomic E-state index is 12.5. The number of hydrogen-bond donors (Lipinski definition) is 2. The van der Waals surface area contributed by atoms with Gasteiger partial charge in [0.1, 0.15) is 6.04 Å². The van der Waals surface area contributed by atoms with Gasteiger partial charge in [-0.1, -0.05) is 20.3 Å². The first-order valence-electron chi connectivity index (χ1n) is 9.25. The van der Waals surface area contributed by atoms with E-state index in [4.69, 9.17) is 10.5 Å². The summed E-state index contributed by atoms with van der Waals surface area (Å²) in [7, 11) is 1.35. The van der Waals surface area contributed by atoms with Crippen molar-refractivity contribution < 1.29 is 14.3 Å². The van der Waals surface area contributed by atoms with Gasteiger partial charge in [0, 0.05) is 19.1 Å². The molecule has 0 aromatic carbocycles. The molecule has 0 saturated heterocycles. The number of thioether (sulfide) groups is 1. The number of esters is 1. The van der Waals surface area contributed by atoms with E-state index in [9.17, 15) is 9.59 Å². The molecular formula is C18H36ClN3O3S. The predicted octanol–water partition coefficient (Wildman–Crippen LogP) is 1.90. The maximum absolute atomic E-state index is 12.5. The minimum Gasteiger partial charge on any atom is -0.467 e. The predicted molar refractivity (Wildman–Crippen MR) is 111 cm³/mol. The van der Waals surface area contributed by atoms with Crippen LogP contribution >= 0.6 is 24.2 Å². The van der Waals surface area contributed by atoms with Crippen molar-refractivity contribution in [3.8, 4) is 0 Å². The zero-order valence-electron chi connectivity index (χ0n) is 16.5. The molecule has 1 amide bonds. The summed E-state index contributed by atoms with van der Waals surface area (Å²) in [4.78, 5) is 26.5. The summed E-state index contributed by atoms with van der Waals surface area (Å²) in [5.74, 6) is 1.39. The summed E-state index contributed by atoms with van der Waals surface area (Å²) < 4.78 is 4.80. The Morgan fingerprint density at radius 1 is 1.38 bits per heavy atom. The molecule has 0 aliphatic heterocycles. The minimum atomic E-state index is -0.573. The Bertz CT molecular complexity index is 424. The average molecular weight is 410 g/mol. The molecule has 0 radical (unpaired) electrons. The van der Waals surface area contributed by atoms with Gasteiger partial charge in [0.05, 0.1) is 13.7 Å². The van der Waals surface area contributed by atoms with Crippen LogP contribution in [-0.4, -0.2) is 67.6 Å². The number of carbonyl (C=O) groups is 2. The fourth-order valence-corrected chi connectivity index (χ4v) is 3.19. The molecule has 1 saturated carbocycles. The van der Waals surface area contributed by atoms with Gasteiger partial charge in [0.15, 0.2) is 0 Å². The third-order valence-electron chi connectivity index (χ3n) is 4.86. The quantitative estimate of drug-likeness (QED) is 0.452. The molecule has 3 atom stereocenters. The van der Waals surface area contributed by atoms with Gasteiger partial charge < -0.3 is 15.8 Å². The molecule has 1 aliphatic rings. The first-order chi connectivity index (χ1) is 11.9. The molecule has 0 spiro atoms. The van der Waals surface area contributed by atoms with Crippen molar-refractivity contribution in [2.45, 2.75) is 51.6 Å². The van der Waals surface area contributed by atoms with E-state index in [1.165, 1.54) is 20.0 Å². The van der Waals surface area contributed by atoms with E-state index in [1.807, 2.05) is 6.26 Å². The number of halogens is 1. The van der Waals surface area contributed by atoms with Crippen LogP contribution in [0, 0.1) is 11.8 Å². The lowest BCUT2D eigenvalue weighted by atomic mass is 9.99. The Hall–Kier alpha value is -0.500. The summed E-state index contributed by atoms with van der Waals surface area (Å²) >= 11 is 1.64. The van der Waals surface area contributed by atoms with Crippen molar-refractivity contribution in [3.05, 3.63) is 0 Å². The molecule has 0 aromatic rings. The third-order valence-corrected chi connectivity index (χ3v) is 5.50. The van der Waals surface area contributed by atoms with Crippen molar-refractivity contribution >= 4 is 36.0 Å². The molecule has 1 aliphatic carbocycles. The lowest BCUT2D eigenvalue weighted by molar-refractivity contribution is -0.145. The highest BCUT2D eigenvalue weighted by Crippen LogP contribution is 2.29. The number of rotatable bonds is 13. The molecule has 154 valence electrons. The second kappa shape index (κ2) is 13.6. The van der Waals surface area contributed by atoms with Gasteiger partial charge in [0.25, 0.3) is 0 Å². The van der Waals surface area contributed by atoms with Crippen LogP contribution in [0.3, 0.4) is 0 Å². The average Bonchev–Trinajstić information content (AvgIpc) is 3.40. The van der Waals surface area contributed by atoms with Crippen molar-refractivity contribution in [1.29, 1.82) is 0 Å². The fourth-order valence-electron chi connectivity index (χ4n) is 2.72. The Morgan fingerprint density at radius 3 is 2.54 bits per heavy atom. The van der Waals surface area contributed by atoms with Crippen molar-refractivity contribution in [2.24, 2.45) is 17.6 Å². The second-order valence-corrected chi connectivity index (χ2v) is 8.10. The summed E-state index contributed by atoms with van der Waals surface area (Å²) in [6.45, 7) is 6.19. The van der Waals surface area contributed by atoms with Gasteiger partial charge >= 0.3 is 5.97 Å². The zero-order valence-corrected chi connectivity index (χ0v) is 18.2. The summed E-state index contributed by atoms with van der Waals surface area (Å²) in [6.07, 6.45) is 6.05. The Kier molecular flexibility index (Phi) is 13.4. The highest BCUT2D eigenvalue weighted by Gasteiger charge is 2.28. The van der Waals surface area contributed by atoms with Crippen LogP contribution in [0.25, 0.3) is 0 Å². The Balaban J connectivity index is 0.00000625. The van der Waals surface area contributed by atoms with E-state index in [0.29, 0.717) is 24.8 Å². The van der Waals surface area contributed by atoms with Crippen LogP contribution in [0.4, 0.5) is 0 Å². The van der Waals surface area contributed by atoms with Crippen LogP contribution < -0.4 is 11.1 Å². The number of nitrogens with zero attached hydrogens (tertiary/aromatic N) is 1. The van der Waals surface area contributed by atoms with Crippen LogP contribution in [0.5, 0.6) is 0 Å². The number of nitrogens with two attached hydrogens (primary N) is 1. The minimum absolute atomic E-state index is 0. The molecule has 26 heavy (non-hydrogen) atoms. The topological polar surface area (TPSA) is 84.7 Å². The Morgan fingerprint density at radius 2 is 2.04 bits per heavy atom. The van der Waals surface area contributed by atoms with Crippen LogP contribution in [0.1, 0.15) is 39.5 Å². The third kappa shape index (κ3) is 10.00. The smallest absolute Gasteiger partial charge is 0.328 e. The number of methoxy groups -OCH3 is 1. The molecule has 6 nitrogen and oxygen atoms in total. The van der Waals surface area contributed by atoms with Gasteiger partial charge in [-0.3, -0.25) is 9.69 Å². The standard InChI is InChI=1S/C18H35N3O3S.ClH/c1-5-13(2)15(19)11-21(10-14-6-7-14)12-17(22)20-16(8-9-25-4)18(23)24-3;/h13-16H,5-12,19H2,1-4H3,(H,20,22);1H. The lowest BCUT2D eigenvalue weighted by Crippen LogP contribution is -2.49. The van der Waals surface area contributed by atoms with E-state index in [2.05, 4.69) is 24.1 Å². The number of hydrogen-bond acceptors (Lipinski definition) is 6. The number of carbonyl (C=O) groups excluding carboxylic acids is 2. The molecule has 0 bridgehead atoms. The summed E-state index contributed by atoms with van der Waals surface area (Å²) in [5, 5.41) is 2.83. The first kappa shape index (κ1) is 25.5. The van der Waals surface area contributed by atoms with Gasteiger partial charge in [-0.25, -0.2) is 4.79 Å². The van der Waals surface area contributed by atoms with Gasteiger partial charge in [-0.05, 0) is 43.1 Å². The van der Waals surface area contributed by atoms with Crippen LogP contribution in [-0.2, 0) is 14.3 Å². The molecule has 0 aromatic heterocycles. The normalized spacial score (nSPS) is 17.2. The van der Waals surface area contributed by atoms with Crippen molar-refractivity contribution in [1.82, 2.24) is 10.2 Å². The van der Waals surface area contributed by atoms with Crippen LogP contribution in [0.15, 0.2) is 0 Å². The van der Waals surface area contributed by atoms with E-state index in [-0.39, 0.29) is 36.9 Å². The fraction of sp³-hybridized carbons (Fsp3) is 0.889. The lowest BCUT2D eigenvalue weighted by Gasteiger charge is -2.28. The largest absolute Gasteiger partial charge is 0.467 e. The van der Waals surface area contributed by atoms with Crippen LogP contribution in [0.2, 0.25) is 0 Å². The van der Waals surface area contributed by atoms with E-state index in [0.717, 1.165) is 18.7 Å². The molecule has 3 unspecified atom stereocenters. The molecule has 1 rings (SSSR count). The van der Waals surface area contributed by atoms with E-state index >= 15 is 0 Å². The Labute approximate surface area is 168 Å². The molecular weight excluding hydrogens is 374 g/mol. The summed E-state index contributed by atoms with van der Waals surface area (Å²) in [5.41, 5.74) is 6.29. The van der Waals surface area contributed by atoms with Crippen molar-refractivity contribution in [2.75, 3.05) is 38.8 Å². The molecule has 8 heteroatoms. The molecule has 3 N–H and O–H groups in total. The van der Waals surface area contributed by atoms with Gasteiger partial charge in [-0.2, -0.15) is 11.8 Å². The molecule has 0 heterocycles. The molecule has 1 fully saturated rings. The van der Waals surface area contributed by atoms with Crippen molar-refractivity contribution in [3.63, 3.8) is 0 Å². The van der Waals surface area contributed by atoms with E-state index < -0.39 is 6.04 Å². The number of amides is 1. The van der Waals surface area contributed by atoms with E-state index in [1.54, 1.807) is 11.8 Å². The zero-order chi connectivity index (χ0) is 18.8. The highest BCUT2D eigenvalue weighted by atomic mass is 35.5.